The maximum Gasteiger partial charge on any atom is 2.00 e. The number of halogens is 2. The van der Waals surface area contributed by atoms with Gasteiger partial charge in [0.25, 0.3) is 0 Å². The number of pyridine rings is 2. The zero-order valence-corrected chi connectivity index (χ0v) is 20.4. The van der Waals surface area contributed by atoms with Crippen molar-refractivity contribution in [3.8, 4) is 22.5 Å². The minimum absolute atomic E-state index is 0. The molecule has 0 aliphatic rings. The Morgan fingerprint density at radius 3 is 1.87 bits per heavy atom. The quantitative estimate of drug-likeness (QED) is 0.158. The molecule has 4 rings (SSSR count). The van der Waals surface area contributed by atoms with Crippen LogP contribution in [0.1, 0.15) is 5.56 Å². The van der Waals surface area contributed by atoms with Crippen LogP contribution in [0.4, 0.5) is 8.78 Å². The molecule has 0 spiro atoms. The van der Waals surface area contributed by atoms with E-state index in [1.807, 2.05) is 30.5 Å². The number of hydrogen-bond donors (Lipinski definition) is 1. The van der Waals surface area contributed by atoms with E-state index in [2.05, 4.69) is 34.7 Å². The Bertz CT molecular complexity index is 1000. The minimum Gasteiger partial charge on any atom is -0.305 e. The van der Waals surface area contributed by atoms with Crippen molar-refractivity contribution in [2.45, 2.75) is 10.6 Å². The first-order chi connectivity index (χ1) is 14.6. The number of thioether (sulfide) groups is 1. The molecule has 0 atom stereocenters. The van der Waals surface area contributed by atoms with Gasteiger partial charge in [-0.1, -0.05) is 12.1 Å². The second-order valence-corrected chi connectivity index (χ2v) is 7.33. The minimum atomic E-state index is -0.288. The third-order valence-corrected chi connectivity index (χ3v) is 5.17. The summed E-state index contributed by atoms with van der Waals surface area (Å²) in [7, 11) is 0. The average Bonchev–Trinajstić information content (AvgIpc) is 2.80. The molecule has 160 valence electrons. The monoisotopic (exact) mass is 631 g/mol. The van der Waals surface area contributed by atoms with E-state index in [-0.39, 0.29) is 32.7 Å². The molecular weight excluding hydrogens is 613 g/mol. The number of rotatable bonds is 4. The fourth-order valence-electron chi connectivity index (χ4n) is 2.54. The molecule has 2 aromatic heterocycles. The Hall–Kier alpha value is -2.01. The Morgan fingerprint density at radius 2 is 1.39 bits per heavy atom. The predicted octanol–water partition coefficient (Wildman–Crippen LogP) is 6.52. The van der Waals surface area contributed by atoms with Crippen LogP contribution in [-0.2, 0) is 26.8 Å². The van der Waals surface area contributed by atoms with E-state index in [9.17, 15) is 8.78 Å². The SMILES string of the molecule is CSc1ccnc(-c2[c-]cc(F)cc2)c1.Fc1c[c-]c(-c2cc(CS)ccn2)cc1.[Pt+2]. The number of benzene rings is 2. The Labute approximate surface area is 205 Å². The molecule has 0 aliphatic heterocycles. The van der Waals surface area contributed by atoms with Crippen molar-refractivity contribution < 1.29 is 29.8 Å². The summed E-state index contributed by atoms with van der Waals surface area (Å²) >= 11 is 5.84. The first kappa shape index (κ1) is 25.3. The average molecular weight is 632 g/mol. The van der Waals surface area contributed by atoms with E-state index in [1.165, 1.54) is 24.3 Å². The third-order valence-electron chi connectivity index (χ3n) is 4.08. The summed E-state index contributed by atoms with van der Waals surface area (Å²) in [6.07, 6.45) is 5.48. The molecule has 2 heterocycles. The summed E-state index contributed by atoms with van der Waals surface area (Å²) in [6.45, 7) is 0. The third kappa shape index (κ3) is 7.56. The number of hydrogen-bond acceptors (Lipinski definition) is 4. The Morgan fingerprint density at radius 1 is 0.839 bits per heavy atom. The van der Waals surface area contributed by atoms with Gasteiger partial charge in [-0.15, -0.1) is 71.4 Å². The van der Waals surface area contributed by atoms with Crippen LogP contribution >= 0.6 is 24.4 Å². The molecule has 0 N–H and O–H groups in total. The molecule has 0 radical (unpaired) electrons. The standard InChI is InChI=1S/2C12H9FNS.Pt/c1-15-11-6-7-14-12(8-11)9-2-4-10(13)5-3-9;13-11-3-1-10(2-4-11)12-7-9(8-15)5-6-14-12;/h2,4-8H,1H3;1,3-7,15H,8H2;/q2*-1;+2. The van der Waals surface area contributed by atoms with Crippen LogP contribution in [0.5, 0.6) is 0 Å². The number of nitrogens with zero attached hydrogens (tertiary/aromatic N) is 2. The predicted molar refractivity (Wildman–Crippen MR) is 121 cm³/mol. The summed E-state index contributed by atoms with van der Waals surface area (Å²) in [5, 5.41) is 0. The van der Waals surface area contributed by atoms with Gasteiger partial charge in [0.1, 0.15) is 0 Å². The van der Waals surface area contributed by atoms with Crippen LogP contribution in [0.2, 0.25) is 0 Å². The van der Waals surface area contributed by atoms with Gasteiger partial charge in [0.2, 0.25) is 0 Å². The molecule has 0 unspecified atom stereocenters. The molecule has 0 bridgehead atoms. The van der Waals surface area contributed by atoms with Crippen LogP contribution in [-0.4, -0.2) is 16.2 Å². The van der Waals surface area contributed by atoms with Gasteiger partial charge in [-0.2, -0.15) is 12.6 Å². The van der Waals surface area contributed by atoms with E-state index >= 15 is 0 Å². The molecular formula is C24H18F2N2PtS2. The van der Waals surface area contributed by atoms with E-state index in [1.54, 1.807) is 36.3 Å². The van der Waals surface area contributed by atoms with Crippen molar-refractivity contribution in [2.75, 3.05) is 6.26 Å². The summed E-state index contributed by atoms with van der Waals surface area (Å²) < 4.78 is 25.4. The fourth-order valence-corrected chi connectivity index (χ4v) is 3.16. The van der Waals surface area contributed by atoms with Crippen molar-refractivity contribution in [3.05, 3.63) is 102 Å². The van der Waals surface area contributed by atoms with E-state index < -0.39 is 0 Å². The second kappa shape index (κ2) is 12.7. The van der Waals surface area contributed by atoms with Gasteiger partial charge in [0, 0.05) is 34.7 Å². The fraction of sp³-hybridized carbons (Fsp3) is 0.0833. The summed E-state index contributed by atoms with van der Waals surface area (Å²) in [4.78, 5) is 9.56. The van der Waals surface area contributed by atoms with Crippen LogP contribution in [0.3, 0.4) is 0 Å². The van der Waals surface area contributed by atoms with Crippen LogP contribution < -0.4 is 0 Å². The van der Waals surface area contributed by atoms with Crippen LogP contribution in [0.15, 0.2) is 78.0 Å². The first-order valence-electron chi connectivity index (χ1n) is 9.00. The van der Waals surface area contributed by atoms with Gasteiger partial charge in [-0.3, -0.25) is 8.78 Å². The molecule has 31 heavy (non-hydrogen) atoms. The van der Waals surface area contributed by atoms with Crippen molar-refractivity contribution in [1.29, 1.82) is 0 Å². The molecule has 0 saturated heterocycles. The molecule has 2 nitrogen and oxygen atoms in total. The molecule has 0 fully saturated rings. The van der Waals surface area contributed by atoms with Gasteiger partial charge in [0.05, 0.1) is 0 Å². The zero-order chi connectivity index (χ0) is 21.3. The van der Waals surface area contributed by atoms with Gasteiger partial charge < -0.3 is 9.97 Å². The van der Waals surface area contributed by atoms with Crippen molar-refractivity contribution >= 4 is 24.4 Å². The van der Waals surface area contributed by atoms with Crippen molar-refractivity contribution in [2.24, 2.45) is 0 Å². The Balaban J connectivity index is 0.000000213. The van der Waals surface area contributed by atoms with Gasteiger partial charge >= 0.3 is 21.1 Å². The topological polar surface area (TPSA) is 25.8 Å². The summed E-state index contributed by atoms with van der Waals surface area (Å²) in [6, 6.07) is 22.2. The first-order valence-corrected chi connectivity index (χ1v) is 10.9. The summed E-state index contributed by atoms with van der Waals surface area (Å²) in [5.74, 6) is 0.0975. The normalized spacial score (nSPS) is 9.94. The van der Waals surface area contributed by atoms with E-state index in [0.717, 1.165) is 33.0 Å². The van der Waals surface area contributed by atoms with Crippen LogP contribution in [0.25, 0.3) is 22.5 Å². The molecule has 0 saturated carbocycles. The van der Waals surface area contributed by atoms with Crippen LogP contribution in [0, 0.1) is 23.8 Å². The Kier molecular flexibility index (Phi) is 10.4. The molecule has 0 amide bonds. The maximum atomic E-state index is 12.7. The summed E-state index contributed by atoms with van der Waals surface area (Å²) in [5.41, 5.74) is 4.30. The van der Waals surface area contributed by atoms with Crippen molar-refractivity contribution in [3.63, 3.8) is 0 Å². The second-order valence-electron chi connectivity index (χ2n) is 6.13. The maximum absolute atomic E-state index is 12.7. The van der Waals surface area contributed by atoms with E-state index in [0.29, 0.717) is 5.75 Å². The van der Waals surface area contributed by atoms with Gasteiger partial charge in [-0.25, -0.2) is 0 Å². The van der Waals surface area contributed by atoms with Crippen molar-refractivity contribution in [1.82, 2.24) is 9.97 Å². The van der Waals surface area contributed by atoms with Gasteiger partial charge in [0.15, 0.2) is 0 Å². The zero-order valence-electron chi connectivity index (χ0n) is 16.5. The molecule has 2 aromatic carbocycles. The molecule has 4 aromatic rings. The smallest absolute Gasteiger partial charge is 0.305 e. The molecule has 7 heteroatoms. The number of aromatic nitrogens is 2. The molecule has 0 aliphatic carbocycles. The number of thiol groups is 1. The van der Waals surface area contributed by atoms with Gasteiger partial charge in [-0.05, 0) is 35.3 Å². The van der Waals surface area contributed by atoms with E-state index in [4.69, 9.17) is 0 Å². The largest absolute Gasteiger partial charge is 2.00 e.